The highest BCUT2D eigenvalue weighted by molar-refractivity contribution is 6.02. The third-order valence-electron chi connectivity index (χ3n) is 4.75. The van der Waals surface area contributed by atoms with Crippen LogP contribution in [0.1, 0.15) is 11.1 Å². The molecule has 4 aromatic rings. The van der Waals surface area contributed by atoms with Gasteiger partial charge in [-0.25, -0.2) is 9.37 Å². The lowest BCUT2D eigenvalue weighted by atomic mass is 10.2. The molecular weight excluding hydrogens is 399 g/mol. The lowest BCUT2D eigenvalue weighted by Crippen LogP contribution is -2.07. The molecule has 0 aliphatic rings. The number of imidazole rings is 1. The van der Waals surface area contributed by atoms with Gasteiger partial charge in [0.05, 0.1) is 5.52 Å². The van der Waals surface area contributed by atoms with E-state index in [-0.39, 0.29) is 17.4 Å². The molecular formula is C23H17FN4O3. The Morgan fingerprint density at radius 1 is 1.13 bits per heavy atom. The topological polar surface area (TPSA) is 96.6 Å². The molecule has 4 rings (SSSR count). The molecule has 154 valence electrons. The predicted molar refractivity (Wildman–Crippen MR) is 117 cm³/mol. The predicted octanol–water partition coefficient (Wildman–Crippen LogP) is 5.44. The van der Waals surface area contributed by atoms with E-state index in [1.807, 2.05) is 0 Å². The Morgan fingerprint density at radius 3 is 2.52 bits per heavy atom. The number of fused-ring (bicyclic) bond motifs is 1. The fourth-order valence-corrected chi connectivity index (χ4v) is 3.12. The molecule has 3 aromatic carbocycles. The molecule has 0 unspecified atom stereocenters. The van der Waals surface area contributed by atoms with Crippen molar-refractivity contribution in [3.05, 3.63) is 88.6 Å². The van der Waals surface area contributed by atoms with Crippen LogP contribution in [0.5, 0.6) is 0 Å². The average molecular weight is 416 g/mol. The SMILES string of the molecule is Cc1cc2nc(-c3ccc(NC(=O)/C=C/c4ccc(F)cc4)cc3)n(O)c2cc1N=O. The fraction of sp³-hybridized carbons (Fsp3) is 0.0435. The number of halogens is 1. The van der Waals surface area contributed by atoms with Crippen molar-refractivity contribution in [2.75, 3.05) is 5.32 Å². The Hall–Kier alpha value is -4.33. The van der Waals surface area contributed by atoms with E-state index < -0.39 is 0 Å². The molecule has 0 bridgehead atoms. The minimum absolute atomic E-state index is 0.237. The summed E-state index contributed by atoms with van der Waals surface area (Å²) in [4.78, 5) is 27.4. The number of aromatic nitrogens is 2. The number of rotatable bonds is 5. The Morgan fingerprint density at radius 2 is 1.84 bits per heavy atom. The Balaban J connectivity index is 1.51. The van der Waals surface area contributed by atoms with Crippen LogP contribution in [0.3, 0.4) is 0 Å². The second-order valence-electron chi connectivity index (χ2n) is 6.92. The molecule has 1 heterocycles. The van der Waals surface area contributed by atoms with Crippen molar-refractivity contribution in [3.63, 3.8) is 0 Å². The highest BCUT2D eigenvalue weighted by atomic mass is 19.1. The molecule has 1 aromatic heterocycles. The summed E-state index contributed by atoms with van der Waals surface area (Å²) in [5, 5.41) is 16.2. The lowest BCUT2D eigenvalue weighted by molar-refractivity contribution is -0.111. The van der Waals surface area contributed by atoms with E-state index in [2.05, 4.69) is 15.5 Å². The first-order valence-electron chi connectivity index (χ1n) is 9.35. The number of hydrogen-bond acceptors (Lipinski definition) is 5. The Kier molecular flexibility index (Phi) is 5.28. The molecule has 0 fully saturated rings. The van der Waals surface area contributed by atoms with Gasteiger partial charge in [0.1, 0.15) is 17.0 Å². The van der Waals surface area contributed by atoms with Gasteiger partial charge in [0, 0.05) is 17.3 Å². The number of hydrogen-bond donors (Lipinski definition) is 2. The molecule has 31 heavy (non-hydrogen) atoms. The van der Waals surface area contributed by atoms with Crippen LogP contribution in [0.25, 0.3) is 28.5 Å². The zero-order valence-electron chi connectivity index (χ0n) is 16.4. The van der Waals surface area contributed by atoms with Crippen molar-refractivity contribution in [1.82, 2.24) is 9.71 Å². The highest BCUT2D eigenvalue weighted by Crippen LogP contribution is 2.29. The van der Waals surface area contributed by atoms with Crippen molar-refractivity contribution in [2.45, 2.75) is 6.92 Å². The van der Waals surface area contributed by atoms with Gasteiger partial charge in [0.15, 0.2) is 5.82 Å². The van der Waals surface area contributed by atoms with Crippen LogP contribution in [-0.4, -0.2) is 20.8 Å². The van der Waals surface area contributed by atoms with E-state index in [1.54, 1.807) is 55.5 Å². The Bertz CT molecular complexity index is 1310. The van der Waals surface area contributed by atoms with Crippen LogP contribution in [-0.2, 0) is 4.79 Å². The molecule has 0 radical (unpaired) electrons. The largest absolute Gasteiger partial charge is 0.426 e. The third kappa shape index (κ3) is 4.18. The van der Waals surface area contributed by atoms with Crippen molar-refractivity contribution in [1.29, 1.82) is 0 Å². The fourth-order valence-electron chi connectivity index (χ4n) is 3.12. The van der Waals surface area contributed by atoms with Gasteiger partial charge >= 0.3 is 0 Å². The van der Waals surface area contributed by atoms with E-state index in [0.29, 0.717) is 39.2 Å². The summed E-state index contributed by atoms with van der Waals surface area (Å²) in [6.07, 6.45) is 2.94. The molecule has 0 saturated carbocycles. The molecule has 0 atom stereocenters. The zero-order valence-corrected chi connectivity index (χ0v) is 16.4. The summed E-state index contributed by atoms with van der Waals surface area (Å²) < 4.78 is 13.8. The van der Waals surface area contributed by atoms with Crippen LogP contribution in [0.4, 0.5) is 15.8 Å². The van der Waals surface area contributed by atoms with Crippen LogP contribution in [0.2, 0.25) is 0 Å². The van der Waals surface area contributed by atoms with Crippen LogP contribution in [0, 0.1) is 17.6 Å². The first kappa shape index (κ1) is 20.0. The summed E-state index contributed by atoms with van der Waals surface area (Å²) in [6.45, 7) is 1.74. The van der Waals surface area contributed by atoms with Gasteiger partial charge in [-0.2, -0.15) is 4.73 Å². The summed E-state index contributed by atoms with van der Waals surface area (Å²) in [7, 11) is 0. The minimum Gasteiger partial charge on any atom is -0.426 e. The van der Waals surface area contributed by atoms with Gasteiger partial charge in [-0.3, -0.25) is 4.79 Å². The molecule has 2 N–H and O–H groups in total. The Labute approximate surface area is 176 Å². The van der Waals surface area contributed by atoms with E-state index in [9.17, 15) is 19.3 Å². The van der Waals surface area contributed by atoms with E-state index in [4.69, 9.17) is 0 Å². The molecule has 0 saturated heterocycles. The number of nitroso groups, excluding NO2 is 1. The van der Waals surface area contributed by atoms with Crippen molar-refractivity contribution in [3.8, 4) is 11.4 Å². The summed E-state index contributed by atoms with van der Waals surface area (Å²) in [5.74, 6) is -0.378. The number of carbonyl (C=O) groups is 1. The van der Waals surface area contributed by atoms with Gasteiger partial charge in [-0.1, -0.05) is 12.1 Å². The maximum atomic E-state index is 12.9. The molecule has 8 heteroatoms. The zero-order chi connectivity index (χ0) is 22.0. The number of nitrogens with one attached hydrogen (secondary N) is 1. The van der Waals surface area contributed by atoms with E-state index in [0.717, 1.165) is 4.73 Å². The normalized spacial score (nSPS) is 11.2. The summed E-state index contributed by atoms with van der Waals surface area (Å²) >= 11 is 0. The van der Waals surface area contributed by atoms with Gasteiger partial charge in [-0.15, -0.1) is 4.91 Å². The quantitative estimate of drug-likeness (QED) is 0.257. The molecule has 0 aliphatic carbocycles. The lowest BCUT2D eigenvalue weighted by Gasteiger charge is -2.05. The van der Waals surface area contributed by atoms with Gasteiger partial charge < -0.3 is 10.5 Å². The van der Waals surface area contributed by atoms with Crippen molar-refractivity contribution in [2.24, 2.45) is 5.18 Å². The van der Waals surface area contributed by atoms with Crippen LogP contribution in [0.15, 0.2) is 71.9 Å². The minimum atomic E-state index is -0.339. The third-order valence-corrected chi connectivity index (χ3v) is 4.75. The van der Waals surface area contributed by atoms with Crippen LogP contribution >= 0.6 is 0 Å². The molecule has 0 aliphatic heterocycles. The monoisotopic (exact) mass is 416 g/mol. The van der Waals surface area contributed by atoms with Gasteiger partial charge in [0.25, 0.3) is 0 Å². The van der Waals surface area contributed by atoms with Crippen LogP contribution < -0.4 is 5.32 Å². The van der Waals surface area contributed by atoms with E-state index >= 15 is 0 Å². The van der Waals surface area contributed by atoms with E-state index in [1.165, 1.54) is 24.3 Å². The number of amides is 1. The first-order chi connectivity index (χ1) is 14.9. The maximum Gasteiger partial charge on any atom is 0.248 e. The first-order valence-corrected chi connectivity index (χ1v) is 9.35. The standard InChI is InChI=1S/C23H17FN4O3/c1-14-12-20-21(13-19(14)27-30)28(31)23(26-20)16-5-9-18(10-6-16)25-22(29)11-4-15-2-7-17(24)8-3-15/h2-13,31H,1H3,(H,25,29)/b11-4+. The number of aryl methyl sites for hydroxylation is 1. The summed E-state index contributed by atoms with van der Waals surface area (Å²) in [6, 6.07) is 15.7. The number of carbonyl (C=O) groups excluding carboxylic acids is 1. The number of anilines is 1. The number of benzene rings is 3. The van der Waals surface area contributed by atoms with Gasteiger partial charge in [-0.05, 0) is 77.8 Å². The average Bonchev–Trinajstić information content (AvgIpc) is 3.08. The van der Waals surface area contributed by atoms with Crippen molar-refractivity contribution >= 4 is 34.4 Å². The highest BCUT2D eigenvalue weighted by Gasteiger charge is 2.14. The number of nitrogens with zero attached hydrogens (tertiary/aromatic N) is 3. The maximum absolute atomic E-state index is 12.9. The van der Waals surface area contributed by atoms with Crippen molar-refractivity contribution < 1.29 is 14.4 Å². The summed E-state index contributed by atoms with van der Waals surface area (Å²) in [5.41, 5.74) is 3.69. The second-order valence-corrected chi connectivity index (χ2v) is 6.92. The molecule has 7 nitrogen and oxygen atoms in total. The molecule has 0 spiro atoms. The smallest absolute Gasteiger partial charge is 0.248 e. The van der Waals surface area contributed by atoms with Gasteiger partial charge in [0.2, 0.25) is 5.91 Å². The second kappa shape index (κ2) is 8.19. The molecule has 1 amide bonds.